The number of hydrogen-bond donors (Lipinski definition) is 0. The van der Waals surface area contributed by atoms with Crippen LogP contribution in [-0.2, 0) is 0 Å². The van der Waals surface area contributed by atoms with Gasteiger partial charge < -0.3 is 0 Å². The summed E-state index contributed by atoms with van der Waals surface area (Å²) in [4.78, 5) is 0. The standard InChI is InChI=1S/C14H9F7/c1-4-7(15)3-6(12(19)9(4)16)8-13(20)10(17)5(2)11(18)14(8)21/h6H,3H2,1-2H3. The SMILES string of the molecule is CC1=C(F)CC(c2c(F)c(F)c(C)c(F)c2F)C(F)=C1F. The molecule has 1 aromatic carbocycles. The molecular formula is C14H9F7. The van der Waals surface area contributed by atoms with Crippen LogP contribution in [0.1, 0.15) is 30.4 Å². The third-order valence-corrected chi connectivity index (χ3v) is 3.50. The summed E-state index contributed by atoms with van der Waals surface area (Å²) < 4.78 is 95.3. The molecule has 0 saturated carbocycles. The largest absolute Gasteiger partial charge is 0.211 e. The highest BCUT2D eigenvalue weighted by Gasteiger charge is 2.36. The van der Waals surface area contributed by atoms with Crippen molar-refractivity contribution in [1.29, 1.82) is 0 Å². The van der Waals surface area contributed by atoms with Crippen LogP contribution < -0.4 is 0 Å². The van der Waals surface area contributed by atoms with E-state index in [2.05, 4.69) is 0 Å². The average molecular weight is 310 g/mol. The quantitative estimate of drug-likeness (QED) is 0.479. The number of benzene rings is 1. The molecule has 1 unspecified atom stereocenters. The van der Waals surface area contributed by atoms with E-state index in [9.17, 15) is 30.7 Å². The Morgan fingerprint density at radius 2 is 1.24 bits per heavy atom. The molecule has 1 aliphatic carbocycles. The van der Waals surface area contributed by atoms with E-state index in [0.717, 1.165) is 13.8 Å². The van der Waals surface area contributed by atoms with Gasteiger partial charge in [-0.25, -0.2) is 30.7 Å². The molecule has 0 radical (unpaired) electrons. The van der Waals surface area contributed by atoms with Crippen molar-refractivity contribution in [3.05, 3.63) is 57.4 Å². The molecule has 0 N–H and O–H groups in total. The van der Waals surface area contributed by atoms with Crippen LogP contribution in [0.2, 0.25) is 0 Å². The average Bonchev–Trinajstić information content (AvgIpc) is 2.46. The summed E-state index contributed by atoms with van der Waals surface area (Å²) in [7, 11) is 0. The van der Waals surface area contributed by atoms with Crippen molar-refractivity contribution < 1.29 is 30.7 Å². The maximum absolute atomic E-state index is 13.8. The molecule has 0 saturated heterocycles. The topological polar surface area (TPSA) is 0 Å². The summed E-state index contributed by atoms with van der Waals surface area (Å²) >= 11 is 0. The van der Waals surface area contributed by atoms with Gasteiger partial charge in [0.15, 0.2) is 29.1 Å². The second-order valence-corrected chi connectivity index (χ2v) is 4.74. The molecule has 0 spiro atoms. The molecule has 7 heteroatoms. The molecule has 0 fully saturated rings. The van der Waals surface area contributed by atoms with E-state index in [1.165, 1.54) is 0 Å². The van der Waals surface area contributed by atoms with Gasteiger partial charge in [0.25, 0.3) is 0 Å². The third kappa shape index (κ3) is 2.24. The second kappa shape index (κ2) is 5.20. The summed E-state index contributed by atoms with van der Waals surface area (Å²) in [6, 6.07) is 0. The van der Waals surface area contributed by atoms with Crippen molar-refractivity contribution in [2.75, 3.05) is 0 Å². The van der Waals surface area contributed by atoms with E-state index in [0.29, 0.717) is 0 Å². The van der Waals surface area contributed by atoms with Crippen LogP contribution in [0, 0.1) is 30.2 Å². The van der Waals surface area contributed by atoms with Crippen LogP contribution in [-0.4, -0.2) is 0 Å². The highest BCUT2D eigenvalue weighted by molar-refractivity contribution is 5.43. The Kier molecular flexibility index (Phi) is 3.86. The minimum Gasteiger partial charge on any atom is -0.211 e. The van der Waals surface area contributed by atoms with E-state index >= 15 is 0 Å². The van der Waals surface area contributed by atoms with Crippen molar-refractivity contribution in [1.82, 2.24) is 0 Å². The van der Waals surface area contributed by atoms with E-state index in [1.54, 1.807) is 0 Å². The Labute approximate surface area is 115 Å². The lowest BCUT2D eigenvalue weighted by Gasteiger charge is -2.22. The smallest absolute Gasteiger partial charge is 0.166 e. The lowest BCUT2D eigenvalue weighted by atomic mass is 9.86. The molecular weight excluding hydrogens is 301 g/mol. The van der Waals surface area contributed by atoms with Crippen LogP contribution in [0.5, 0.6) is 0 Å². The monoisotopic (exact) mass is 310 g/mol. The summed E-state index contributed by atoms with van der Waals surface area (Å²) in [5.74, 6) is -13.7. The third-order valence-electron chi connectivity index (χ3n) is 3.50. The second-order valence-electron chi connectivity index (χ2n) is 4.74. The zero-order chi connectivity index (χ0) is 16.1. The molecule has 0 amide bonds. The Morgan fingerprint density at radius 3 is 1.71 bits per heavy atom. The van der Waals surface area contributed by atoms with Crippen LogP contribution in [0.15, 0.2) is 23.1 Å². The normalized spacial score (nSPS) is 19.6. The predicted octanol–water partition coefficient (Wildman–Crippen LogP) is 5.43. The van der Waals surface area contributed by atoms with Crippen molar-refractivity contribution in [2.45, 2.75) is 26.2 Å². The van der Waals surface area contributed by atoms with Crippen LogP contribution in [0.4, 0.5) is 30.7 Å². The number of rotatable bonds is 1. The molecule has 2 rings (SSSR count). The molecule has 0 bridgehead atoms. The van der Waals surface area contributed by atoms with E-state index in [-0.39, 0.29) is 0 Å². The van der Waals surface area contributed by atoms with Gasteiger partial charge in [-0.15, -0.1) is 0 Å². The van der Waals surface area contributed by atoms with Gasteiger partial charge >= 0.3 is 0 Å². The van der Waals surface area contributed by atoms with E-state index < -0.39 is 69.8 Å². The first kappa shape index (κ1) is 15.6. The number of hydrogen-bond acceptors (Lipinski definition) is 0. The first-order chi connectivity index (χ1) is 9.68. The zero-order valence-electron chi connectivity index (χ0n) is 10.9. The van der Waals surface area contributed by atoms with Gasteiger partial charge in [0.05, 0.1) is 5.92 Å². The van der Waals surface area contributed by atoms with Crippen LogP contribution >= 0.6 is 0 Å². The molecule has 1 aromatic rings. The Morgan fingerprint density at radius 1 is 0.762 bits per heavy atom. The van der Waals surface area contributed by atoms with Gasteiger partial charge in [-0.1, -0.05) is 0 Å². The molecule has 0 aromatic heterocycles. The predicted molar refractivity (Wildman–Crippen MR) is 61.4 cm³/mol. The van der Waals surface area contributed by atoms with Gasteiger partial charge in [-0.05, 0) is 13.8 Å². The number of halogens is 7. The van der Waals surface area contributed by atoms with Crippen molar-refractivity contribution in [3.63, 3.8) is 0 Å². The molecule has 1 atom stereocenters. The first-order valence-electron chi connectivity index (χ1n) is 5.91. The van der Waals surface area contributed by atoms with Gasteiger partial charge in [0.2, 0.25) is 0 Å². The van der Waals surface area contributed by atoms with Gasteiger partial charge in [0, 0.05) is 23.1 Å². The molecule has 0 aliphatic heterocycles. The Balaban J connectivity index is 2.71. The Hall–Kier alpha value is -1.79. The lowest BCUT2D eigenvalue weighted by molar-refractivity contribution is 0.386. The summed E-state index contributed by atoms with van der Waals surface area (Å²) in [5.41, 5.74) is -2.93. The Bertz CT molecular complexity index is 656. The fourth-order valence-electron chi connectivity index (χ4n) is 2.17. The summed E-state index contributed by atoms with van der Waals surface area (Å²) in [5, 5.41) is 0. The minimum atomic E-state index is -2.08. The fraction of sp³-hybridized carbons (Fsp3) is 0.286. The number of allylic oxidation sites excluding steroid dienone is 4. The highest BCUT2D eigenvalue weighted by Crippen LogP contribution is 2.44. The highest BCUT2D eigenvalue weighted by atomic mass is 19.2. The maximum Gasteiger partial charge on any atom is 0.166 e. The van der Waals surface area contributed by atoms with Gasteiger partial charge in [-0.3, -0.25) is 0 Å². The maximum atomic E-state index is 13.8. The van der Waals surface area contributed by atoms with Crippen molar-refractivity contribution in [3.8, 4) is 0 Å². The van der Waals surface area contributed by atoms with Crippen molar-refractivity contribution in [2.24, 2.45) is 0 Å². The van der Waals surface area contributed by atoms with E-state index in [1.807, 2.05) is 0 Å². The molecule has 21 heavy (non-hydrogen) atoms. The molecule has 114 valence electrons. The summed E-state index contributed by atoms with van der Waals surface area (Å²) in [6.07, 6.45) is -0.916. The van der Waals surface area contributed by atoms with Crippen LogP contribution in [0.25, 0.3) is 0 Å². The molecule has 0 heterocycles. The first-order valence-corrected chi connectivity index (χ1v) is 5.91. The minimum absolute atomic E-state index is 0.641. The summed E-state index contributed by atoms with van der Waals surface area (Å²) in [6.45, 7) is 1.74. The zero-order valence-corrected chi connectivity index (χ0v) is 10.9. The van der Waals surface area contributed by atoms with Crippen molar-refractivity contribution >= 4 is 0 Å². The fourth-order valence-corrected chi connectivity index (χ4v) is 2.17. The van der Waals surface area contributed by atoms with E-state index in [4.69, 9.17) is 0 Å². The van der Waals surface area contributed by atoms with Crippen LogP contribution in [0.3, 0.4) is 0 Å². The lowest BCUT2D eigenvalue weighted by Crippen LogP contribution is -2.15. The molecule has 1 aliphatic rings. The van der Waals surface area contributed by atoms with Gasteiger partial charge in [-0.2, -0.15) is 0 Å². The molecule has 0 nitrogen and oxygen atoms in total. The van der Waals surface area contributed by atoms with Gasteiger partial charge in [0.1, 0.15) is 11.7 Å².